The molecule has 0 unspecified atom stereocenters. The number of carbonyl (C=O) groups excluding carboxylic acids is 1. The SMILES string of the molecule is Cn1c(=NC(=O)CCSc2ccc(Cl)cc2)sc2cc([N+](=O)[O-])ccc21. The van der Waals surface area contributed by atoms with Gasteiger partial charge in [-0.1, -0.05) is 22.9 Å². The van der Waals surface area contributed by atoms with Crippen molar-refractivity contribution in [2.75, 3.05) is 5.75 Å². The lowest BCUT2D eigenvalue weighted by Gasteiger charge is -1.99. The molecule has 1 aromatic heterocycles. The minimum atomic E-state index is -0.435. The molecule has 0 aliphatic heterocycles. The number of hydrogen-bond acceptors (Lipinski definition) is 5. The van der Waals surface area contributed by atoms with Crippen LogP contribution in [-0.4, -0.2) is 21.2 Å². The number of thiazole rings is 1. The summed E-state index contributed by atoms with van der Waals surface area (Å²) in [7, 11) is 1.79. The minimum absolute atomic E-state index is 0.0246. The van der Waals surface area contributed by atoms with Gasteiger partial charge >= 0.3 is 0 Å². The molecule has 0 saturated heterocycles. The summed E-state index contributed by atoms with van der Waals surface area (Å²) in [6, 6.07) is 12.1. The Labute approximate surface area is 162 Å². The van der Waals surface area contributed by atoms with E-state index in [4.69, 9.17) is 11.6 Å². The summed E-state index contributed by atoms with van der Waals surface area (Å²) < 4.78 is 2.50. The molecule has 0 fully saturated rings. The highest BCUT2D eigenvalue weighted by molar-refractivity contribution is 7.99. The van der Waals surface area contributed by atoms with Gasteiger partial charge in [-0.05, 0) is 30.3 Å². The number of non-ortho nitro benzene ring substituents is 1. The molecule has 134 valence electrons. The third-order valence-corrected chi connectivity index (χ3v) is 5.98. The summed E-state index contributed by atoms with van der Waals surface area (Å²) in [5.74, 6) is 0.396. The van der Waals surface area contributed by atoms with Gasteiger partial charge < -0.3 is 4.57 Å². The van der Waals surface area contributed by atoms with Gasteiger partial charge in [-0.15, -0.1) is 11.8 Å². The molecule has 6 nitrogen and oxygen atoms in total. The van der Waals surface area contributed by atoms with Gasteiger partial charge in [-0.25, -0.2) is 0 Å². The average molecular weight is 408 g/mol. The van der Waals surface area contributed by atoms with Crippen molar-refractivity contribution >= 4 is 56.5 Å². The number of amides is 1. The van der Waals surface area contributed by atoms with Crippen LogP contribution in [0, 0.1) is 10.1 Å². The Bertz CT molecular complexity index is 1040. The zero-order chi connectivity index (χ0) is 18.7. The fourth-order valence-electron chi connectivity index (χ4n) is 2.29. The third-order valence-electron chi connectivity index (χ3n) is 3.62. The van der Waals surface area contributed by atoms with Crippen LogP contribution in [0.3, 0.4) is 0 Å². The van der Waals surface area contributed by atoms with Crippen LogP contribution in [0.25, 0.3) is 10.2 Å². The summed E-state index contributed by atoms with van der Waals surface area (Å²) in [5, 5.41) is 11.6. The quantitative estimate of drug-likeness (QED) is 0.356. The van der Waals surface area contributed by atoms with E-state index in [0.29, 0.717) is 22.0 Å². The number of nitro groups is 1. The highest BCUT2D eigenvalue weighted by atomic mass is 35.5. The van der Waals surface area contributed by atoms with Crippen LogP contribution in [0.2, 0.25) is 5.02 Å². The first kappa shape index (κ1) is 18.6. The Morgan fingerprint density at radius 1 is 1.31 bits per heavy atom. The van der Waals surface area contributed by atoms with Crippen molar-refractivity contribution in [1.82, 2.24) is 4.57 Å². The first-order valence-corrected chi connectivity index (χ1v) is 9.82. The van der Waals surface area contributed by atoms with E-state index < -0.39 is 4.92 Å². The third kappa shape index (κ3) is 4.32. The fraction of sp³-hybridized carbons (Fsp3) is 0.176. The molecule has 9 heteroatoms. The first-order chi connectivity index (χ1) is 12.4. The van der Waals surface area contributed by atoms with Crippen LogP contribution >= 0.6 is 34.7 Å². The van der Waals surface area contributed by atoms with E-state index in [1.807, 2.05) is 24.3 Å². The molecule has 1 amide bonds. The smallest absolute Gasteiger partial charge is 0.270 e. The molecule has 3 aromatic rings. The Kier molecular flexibility index (Phi) is 5.75. The zero-order valence-electron chi connectivity index (χ0n) is 13.7. The van der Waals surface area contributed by atoms with Gasteiger partial charge in [0.1, 0.15) is 0 Å². The molecule has 0 radical (unpaired) electrons. The lowest BCUT2D eigenvalue weighted by atomic mass is 10.3. The van der Waals surface area contributed by atoms with Crippen molar-refractivity contribution in [3.05, 3.63) is 62.4 Å². The van der Waals surface area contributed by atoms with E-state index in [1.165, 1.54) is 23.5 Å². The van der Waals surface area contributed by atoms with Crippen LogP contribution in [0.1, 0.15) is 6.42 Å². The van der Waals surface area contributed by atoms with E-state index in [-0.39, 0.29) is 11.6 Å². The van der Waals surface area contributed by atoms with Crippen molar-refractivity contribution in [1.29, 1.82) is 0 Å². The van der Waals surface area contributed by atoms with Crippen LogP contribution in [0.5, 0.6) is 0 Å². The largest absolute Gasteiger partial charge is 0.319 e. The number of rotatable bonds is 5. The van der Waals surface area contributed by atoms with E-state index in [2.05, 4.69) is 4.99 Å². The summed E-state index contributed by atoms with van der Waals surface area (Å²) >= 11 is 8.67. The Balaban J connectivity index is 1.72. The lowest BCUT2D eigenvalue weighted by molar-refractivity contribution is -0.384. The Hall–Kier alpha value is -2.16. The molecule has 2 aromatic carbocycles. The Morgan fingerprint density at radius 3 is 2.73 bits per heavy atom. The number of aromatic nitrogens is 1. The van der Waals surface area contributed by atoms with Gasteiger partial charge in [0.2, 0.25) is 5.91 Å². The summed E-state index contributed by atoms with van der Waals surface area (Å²) in [6.45, 7) is 0. The second kappa shape index (κ2) is 8.03. The Morgan fingerprint density at radius 2 is 2.04 bits per heavy atom. The highest BCUT2D eigenvalue weighted by Gasteiger charge is 2.11. The maximum absolute atomic E-state index is 12.1. The molecule has 0 saturated carbocycles. The molecule has 0 atom stereocenters. The topological polar surface area (TPSA) is 77.5 Å². The van der Waals surface area contributed by atoms with E-state index in [9.17, 15) is 14.9 Å². The fourth-order valence-corrected chi connectivity index (χ4v) is 4.33. The predicted molar refractivity (Wildman–Crippen MR) is 105 cm³/mol. The van der Waals surface area contributed by atoms with Gasteiger partial charge in [0, 0.05) is 41.3 Å². The predicted octanol–water partition coefficient (Wildman–Crippen LogP) is 4.41. The second-order valence-corrected chi connectivity index (χ2v) is 8.02. The number of fused-ring (bicyclic) bond motifs is 1. The summed E-state index contributed by atoms with van der Waals surface area (Å²) in [6.07, 6.45) is 0.307. The summed E-state index contributed by atoms with van der Waals surface area (Å²) in [5.41, 5.74) is 0.833. The van der Waals surface area contributed by atoms with Gasteiger partial charge in [-0.3, -0.25) is 14.9 Å². The molecule has 0 aliphatic carbocycles. The van der Waals surface area contributed by atoms with Crippen LogP contribution in [-0.2, 0) is 11.8 Å². The minimum Gasteiger partial charge on any atom is -0.319 e. The van der Waals surface area contributed by atoms with E-state index in [1.54, 1.807) is 29.4 Å². The normalized spacial score (nSPS) is 11.8. The van der Waals surface area contributed by atoms with Crippen molar-refractivity contribution in [3.8, 4) is 0 Å². The molecule has 0 N–H and O–H groups in total. The van der Waals surface area contributed by atoms with Crippen molar-refractivity contribution in [2.45, 2.75) is 11.3 Å². The van der Waals surface area contributed by atoms with Gasteiger partial charge in [0.15, 0.2) is 4.80 Å². The van der Waals surface area contributed by atoms with Crippen molar-refractivity contribution in [3.63, 3.8) is 0 Å². The number of thioether (sulfide) groups is 1. The van der Waals surface area contributed by atoms with E-state index in [0.717, 1.165) is 15.1 Å². The molecular formula is C17H14ClN3O3S2. The van der Waals surface area contributed by atoms with E-state index >= 15 is 0 Å². The number of carbonyl (C=O) groups is 1. The molecule has 26 heavy (non-hydrogen) atoms. The van der Waals surface area contributed by atoms with Crippen LogP contribution in [0.15, 0.2) is 52.4 Å². The number of halogens is 1. The van der Waals surface area contributed by atoms with Crippen LogP contribution in [0.4, 0.5) is 5.69 Å². The maximum Gasteiger partial charge on any atom is 0.270 e. The molecule has 0 bridgehead atoms. The average Bonchev–Trinajstić information content (AvgIpc) is 2.92. The number of nitrogens with zero attached hydrogens (tertiary/aromatic N) is 3. The number of benzene rings is 2. The van der Waals surface area contributed by atoms with Gasteiger partial charge in [0.25, 0.3) is 5.69 Å². The number of aryl methyl sites for hydroxylation is 1. The summed E-state index contributed by atoms with van der Waals surface area (Å²) in [4.78, 5) is 28.3. The van der Waals surface area contributed by atoms with Crippen molar-refractivity contribution in [2.24, 2.45) is 12.0 Å². The van der Waals surface area contributed by atoms with Crippen molar-refractivity contribution < 1.29 is 9.72 Å². The lowest BCUT2D eigenvalue weighted by Crippen LogP contribution is -2.13. The molecule has 1 heterocycles. The standard InChI is InChI=1S/C17H14ClN3O3S2/c1-20-14-7-4-12(21(23)24)10-15(14)26-17(20)19-16(22)8-9-25-13-5-2-11(18)3-6-13/h2-7,10H,8-9H2,1H3. The number of nitro benzene ring substituents is 1. The second-order valence-electron chi connectivity index (χ2n) is 5.41. The maximum atomic E-state index is 12.1. The van der Waals surface area contributed by atoms with Crippen LogP contribution < -0.4 is 4.80 Å². The monoisotopic (exact) mass is 407 g/mol. The molecular weight excluding hydrogens is 394 g/mol. The first-order valence-electron chi connectivity index (χ1n) is 7.64. The highest BCUT2D eigenvalue weighted by Crippen LogP contribution is 2.23. The molecule has 0 spiro atoms. The molecule has 0 aliphatic rings. The van der Waals surface area contributed by atoms with Gasteiger partial charge in [0.05, 0.1) is 15.1 Å². The zero-order valence-corrected chi connectivity index (χ0v) is 16.1. The van der Waals surface area contributed by atoms with Gasteiger partial charge in [-0.2, -0.15) is 4.99 Å². The molecule has 3 rings (SSSR count). The number of hydrogen-bond donors (Lipinski definition) is 0.